The molecule has 0 radical (unpaired) electrons. The van der Waals surface area contributed by atoms with Gasteiger partial charge < -0.3 is 86.3 Å². The number of nitrogens with two attached hydrogens (primary N) is 2. The van der Waals surface area contributed by atoms with Crippen molar-refractivity contribution < 1.29 is 68.3 Å². The summed E-state index contributed by atoms with van der Waals surface area (Å²) >= 11 is 0. The van der Waals surface area contributed by atoms with Crippen molar-refractivity contribution in [2.75, 3.05) is 39.9 Å². The second-order valence-electron chi connectivity index (χ2n) is 16.1. The second kappa shape index (κ2) is 18.8. The quantitative estimate of drug-likeness (QED) is 0.0862. The number of ether oxygens (including phenoxy) is 6. The van der Waals surface area contributed by atoms with Crippen LogP contribution in [-0.4, -0.2) is 172 Å². The summed E-state index contributed by atoms with van der Waals surface area (Å²) in [6, 6.07) is -4.10. The van der Waals surface area contributed by atoms with Crippen molar-refractivity contribution in [3.05, 3.63) is 11.8 Å². The van der Waals surface area contributed by atoms with Crippen LogP contribution in [0.3, 0.4) is 0 Å². The van der Waals surface area contributed by atoms with Crippen LogP contribution in [0.25, 0.3) is 0 Å². The summed E-state index contributed by atoms with van der Waals surface area (Å²) in [5, 5.41) is 62.2. The number of likely N-dealkylation sites (N-methyl/N-ethyl adjacent to an activating group) is 1. The summed E-state index contributed by atoms with van der Waals surface area (Å²) in [6.45, 7) is 10.9. The molecular formula is C34H62N6O14. The minimum Gasteiger partial charge on any atom is -0.467 e. The van der Waals surface area contributed by atoms with Crippen LogP contribution in [0.15, 0.2) is 11.8 Å². The van der Waals surface area contributed by atoms with Gasteiger partial charge in [-0.15, -0.1) is 0 Å². The first-order valence-electron chi connectivity index (χ1n) is 18.0. The number of hydrogen-bond donors (Lipinski definition) is 10. The first-order chi connectivity index (χ1) is 24.9. The first-order valence-corrected chi connectivity index (χ1v) is 18.0. The van der Waals surface area contributed by atoms with Gasteiger partial charge in [0.25, 0.3) is 5.91 Å². The molecule has 0 aromatic rings. The maximum absolute atomic E-state index is 13.2. The van der Waals surface area contributed by atoms with E-state index in [2.05, 4.69) is 16.0 Å². The van der Waals surface area contributed by atoms with E-state index in [4.69, 9.17) is 45.0 Å². The third-order valence-corrected chi connectivity index (χ3v) is 8.77. The van der Waals surface area contributed by atoms with Crippen LogP contribution in [-0.2, 0) is 33.2 Å². The normalized spacial score (nSPS) is 33.8. The molecule has 1 aliphatic carbocycles. The lowest BCUT2D eigenvalue weighted by Crippen LogP contribution is -2.70. The number of carbonyl (C=O) groups is 3. The van der Waals surface area contributed by atoms with E-state index in [1.807, 2.05) is 0 Å². The minimum atomic E-state index is -1.78. The topological polar surface area (TPSA) is 299 Å². The summed E-state index contributed by atoms with van der Waals surface area (Å²) in [5.74, 6) is -0.464. The Balaban J connectivity index is 1.86. The molecule has 0 spiro atoms. The smallest absolute Gasteiger partial charge is 0.410 e. The number of hydrogen-bond acceptors (Lipinski definition) is 17. The van der Waals surface area contributed by atoms with Crippen molar-refractivity contribution in [2.24, 2.45) is 11.5 Å². The van der Waals surface area contributed by atoms with Crippen LogP contribution >= 0.6 is 0 Å². The standard InChI is InChI=1S/C34H62N6O14/c1-32(2,3)53-30(46)38-15-21(42)27(45)39-20-13-19(36)24(51-28-18(35)10-9-17(50-28)14-37-11-12-41)22(43)25(20)52-29-23(44)26(34(7,48)16-49-29)40(8)31(47)54-33(4,5)6/h9,18-26,28-29,37,41-44,48H,10-16,35-36H2,1-8H3,(H,38,46)(H,39,45)/t18-,19+,20-,21+,22+,23-,24-,25+,26-,28-,29-,34+/m1/s1. The Bertz CT molecular complexity index is 1290. The van der Waals surface area contributed by atoms with Gasteiger partial charge in [-0.25, -0.2) is 9.59 Å². The molecule has 312 valence electrons. The van der Waals surface area contributed by atoms with E-state index >= 15 is 0 Å². The van der Waals surface area contributed by atoms with Gasteiger partial charge in [-0.05, 0) is 67.4 Å². The maximum Gasteiger partial charge on any atom is 0.410 e. The van der Waals surface area contributed by atoms with Gasteiger partial charge in [0.05, 0.1) is 44.4 Å². The Hall–Kier alpha value is -2.89. The van der Waals surface area contributed by atoms with Crippen molar-refractivity contribution >= 4 is 18.1 Å². The largest absolute Gasteiger partial charge is 0.467 e. The molecule has 1 saturated carbocycles. The zero-order valence-corrected chi connectivity index (χ0v) is 32.4. The maximum atomic E-state index is 13.2. The van der Waals surface area contributed by atoms with Gasteiger partial charge in [-0.1, -0.05) is 0 Å². The summed E-state index contributed by atoms with van der Waals surface area (Å²) < 4.78 is 34.6. The number of aliphatic hydroxyl groups excluding tert-OH is 4. The molecule has 12 atom stereocenters. The molecule has 0 aromatic carbocycles. The van der Waals surface area contributed by atoms with Crippen molar-refractivity contribution in [3.8, 4) is 0 Å². The molecule has 2 aliphatic heterocycles. The number of aliphatic hydroxyl groups is 5. The highest BCUT2D eigenvalue weighted by atomic mass is 16.7. The Morgan fingerprint density at radius 2 is 1.65 bits per heavy atom. The predicted molar refractivity (Wildman–Crippen MR) is 190 cm³/mol. The SMILES string of the molecule is CN(C(=O)OC(C)(C)C)[C@@H]1[C@@H](O)[C@@H](O[C@@H]2[C@@H](O)[C@H](O[C@H]3OC(CNCCO)=CC[C@H]3N)[C@@H](N)C[C@H]2NC(=O)[C@@H](O)CNC(=O)OC(C)(C)C)OC[C@]1(C)O. The fraction of sp³-hybridized carbons (Fsp3) is 0.853. The number of rotatable bonds is 13. The zero-order valence-electron chi connectivity index (χ0n) is 32.4. The van der Waals surface area contributed by atoms with Crippen molar-refractivity contribution in [3.63, 3.8) is 0 Å². The number of nitrogens with zero attached hydrogens (tertiary/aromatic N) is 1. The summed E-state index contributed by atoms with van der Waals surface area (Å²) in [7, 11) is 1.34. The average molecular weight is 779 g/mol. The molecular weight excluding hydrogens is 716 g/mol. The zero-order chi connectivity index (χ0) is 40.8. The van der Waals surface area contributed by atoms with E-state index in [0.29, 0.717) is 18.7 Å². The van der Waals surface area contributed by atoms with Gasteiger partial charge >= 0.3 is 12.2 Å². The van der Waals surface area contributed by atoms with E-state index in [0.717, 1.165) is 4.90 Å². The van der Waals surface area contributed by atoms with Crippen LogP contribution in [0.4, 0.5) is 9.59 Å². The third-order valence-electron chi connectivity index (χ3n) is 8.77. The van der Waals surface area contributed by atoms with E-state index in [-0.39, 0.29) is 19.6 Å². The van der Waals surface area contributed by atoms with E-state index in [1.54, 1.807) is 47.6 Å². The van der Waals surface area contributed by atoms with Gasteiger partial charge in [0.2, 0.25) is 6.29 Å². The van der Waals surface area contributed by atoms with Crippen LogP contribution in [0.2, 0.25) is 0 Å². The van der Waals surface area contributed by atoms with Crippen molar-refractivity contribution in [1.29, 1.82) is 0 Å². The molecule has 2 heterocycles. The lowest BCUT2D eigenvalue weighted by atomic mass is 9.83. The summed E-state index contributed by atoms with van der Waals surface area (Å²) in [6.07, 6.45) is -10.1. The molecule has 0 unspecified atom stereocenters. The lowest BCUT2D eigenvalue weighted by Gasteiger charge is -2.50. The molecule has 3 amide bonds. The first kappa shape index (κ1) is 45.5. The highest BCUT2D eigenvalue weighted by molar-refractivity contribution is 5.81. The van der Waals surface area contributed by atoms with Crippen LogP contribution in [0.5, 0.6) is 0 Å². The number of amides is 3. The van der Waals surface area contributed by atoms with Gasteiger partial charge in [0.15, 0.2) is 6.29 Å². The van der Waals surface area contributed by atoms with Crippen LogP contribution < -0.4 is 27.4 Å². The van der Waals surface area contributed by atoms with Crippen LogP contribution in [0, 0.1) is 0 Å². The van der Waals surface area contributed by atoms with Crippen LogP contribution in [0.1, 0.15) is 61.3 Å². The fourth-order valence-electron chi connectivity index (χ4n) is 6.27. The minimum absolute atomic E-state index is 0.0821. The molecule has 3 rings (SSSR count). The summed E-state index contributed by atoms with van der Waals surface area (Å²) in [4.78, 5) is 39.4. The van der Waals surface area contributed by atoms with E-state index in [1.165, 1.54) is 14.0 Å². The number of nitrogens with one attached hydrogen (secondary N) is 3. The van der Waals surface area contributed by atoms with E-state index < -0.39 is 115 Å². The van der Waals surface area contributed by atoms with Gasteiger partial charge in [-0.2, -0.15) is 0 Å². The summed E-state index contributed by atoms with van der Waals surface area (Å²) in [5.41, 5.74) is 9.32. The molecule has 0 aromatic heterocycles. The highest BCUT2D eigenvalue weighted by Gasteiger charge is 2.54. The number of carbonyl (C=O) groups excluding carboxylic acids is 3. The highest BCUT2D eigenvalue weighted by Crippen LogP contribution is 2.34. The Kier molecular flexibility index (Phi) is 15.9. The predicted octanol–water partition coefficient (Wildman–Crippen LogP) is -2.54. The second-order valence-corrected chi connectivity index (χ2v) is 16.1. The molecule has 0 bridgehead atoms. The molecule has 2 fully saturated rings. The molecule has 20 heteroatoms. The third kappa shape index (κ3) is 12.8. The molecule has 3 aliphatic rings. The molecule has 12 N–H and O–H groups in total. The Morgan fingerprint density at radius 3 is 2.26 bits per heavy atom. The fourth-order valence-corrected chi connectivity index (χ4v) is 6.27. The van der Waals surface area contributed by atoms with E-state index in [9.17, 15) is 34.8 Å². The average Bonchev–Trinajstić information content (AvgIpc) is 3.04. The van der Waals surface area contributed by atoms with Crippen molar-refractivity contribution in [1.82, 2.24) is 20.9 Å². The Labute approximate surface area is 315 Å². The molecule has 1 saturated heterocycles. The molecule has 20 nitrogen and oxygen atoms in total. The monoisotopic (exact) mass is 778 g/mol. The van der Waals surface area contributed by atoms with Gasteiger partial charge in [0.1, 0.15) is 53.1 Å². The van der Waals surface area contributed by atoms with Gasteiger partial charge in [0, 0.05) is 19.6 Å². The van der Waals surface area contributed by atoms with Crippen molar-refractivity contribution in [2.45, 2.75) is 145 Å². The Morgan fingerprint density at radius 1 is 1.02 bits per heavy atom. The molecule has 54 heavy (non-hydrogen) atoms. The lowest BCUT2D eigenvalue weighted by molar-refractivity contribution is -0.310. The number of alkyl carbamates (subject to hydrolysis) is 1. The van der Waals surface area contributed by atoms with Gasteiger partial charge in [-0.3, -0.25) is 4.79 Å².